The zero-order valence-corrected chi connectivity index (χ0v) is 20.5. The number of hydrogen-bond acceptors (Lipinski definition) is 5. The highest BCUT2D eigenvalue weighted by atomic mass is 16.2. The molecule has 2 N–H and O–H groups in total. The molecule has 4 rings (SSSR count). The lowest BCUT2D eigenvalue weighted by Crippen LogP contribution is -2.47. The summed E-state index contributed by atoms with van der Waals surface area (Å²) >= 11 is 0. The minimum Gasteiger partial charge on any atom is -0.322 e. The third kappa shape index (κ3) is 5.42. The van der Waals surface area contributed by atoms with Gasteiger partial charge in [-0.2, -0.15) is 10.4 Å². The van der Waals surface area contributed by atoms with Gasteiger partial charge in [-0.3, -0.25) is 14.3 Å². The highest BCUT2D eigenvalue weighted by Gasteiger charge is 2.35. The third-order valence-electron chi connectivity index (χ3n) is 5.83. The molecule has 35 heavy (non-hydrogen) atoms. The predicted molar refractivity (Wildman–Crippen MR) is 135 cm³/mol. The van der Waals surface area contributed by atoms with Crippen LogP contribution in [-0.4, -0.2) is 34.2 Å². The van der Waals surface area contributed by atoms with Crippen LogP contribution in [0.2, 0.25) is 0 Å². The molecule has 1 aromatic heterocycles. The number of nitrogens with one attached hydrogen (secondary N) is 2. The summed E-state index contributed by atoms with van der Waals surface area (Å²) in [5.74, 6) is -0.708. The monoisotopic (exact) mass is 470 g/mol. The molecule has 0 saturated heterocycles. The van der Waals surface area contributed by atoms with Gasteiger partial charge in [0.1, 0.15) is 5.69 Å². The maximum atomic E-state index is 13.6. The minimum atomic E-state index is -0.440. The standard InChI is InChI=1S/C27H30N6O2/c1-18-16-32-24(23(15-30-32)25(34)31-21-7-5-6-20(12-21)13-28)26(35)33(18)22-10-8-19(9-11-22)14-29-17-27(2,3)4/h5-12,15,18,29H,14,16-17H2,1-4H3,(H,31,34)/t18-/m0/s1. The number of benzene rings is 2. The van der Waals surface area contributed by atoms with Crippen molar-refractivity contribution >= 4 is 23.2 Å². The average molecular weight is 471 g/mol. The van der Waals surface area contributed by atoms with Crippen molar-refractivity contribution in [2.75, 3.05) is 16.8 Å². The van der Waals surface area contributed by atoms with Gasteiger partial charge in [-0.05, 0) is 48.2 Å². The molecule has 2 aromatic carbocycles. The van der Waals surface area contributed by atoms with Gasteiger partial charge in [0.2, 0.25) is 0 Å². The first-order valence-electron chi connectivity index (χ1n) is 11.7. The molecular formula is C27H30N6O2. The highest BCUT2D eigenvalue weighted by Crippen LogP contribution is 2.27. The van der Waals surface area contributed by atoms with Crippen LogP contribution in [0, 0.1) is 16.7 Å². The molecule has 1 atom stereocenters. The van der Waals surface area contributed by atoms with Crippen molar-refractivity contribution in [1.82, 2.24) is 15.1 Å². The number of nitriles is 1. The van der Waals surface area contributed by atoms with Crippen LogP contribution in [0.3, 0.4) is 0 Å². The van der Waals surface area contributed by atoms with E-state index in [1.807, 2.05) is 31.2 Å². The first kappa shape index (κ1) is 24.2. The number of hydrogen-bond donors (Lipinski definition) is 2. The Morgan fingerprint density at radius 2 is 1.94 bits per heavy atom. The Labute approximate surface area is 205 Å². The second kappa shape index (κ2) is 9.72. The lowest BCUT2D eigenvalue weighted by atomic mass is 9.97. The maximum absolute atomic E-state index is 13.6. The van der Waals surface area contributed by atoms with Crippen molar-refractivity contribution in [2.45, 2.75) is 46.8 Å². The Balaban J connectivity index is 1.53. The maximum Gasteiger partial charge on any atom is 0.277 e. The normalized spacial score (nSPS) is 15.5. The van der Waals surface area contributed by atoms with Crippen LogP contribution in [0.5, 0.6) is 0 Å². The molecule has 180 valence electrons. The summed E-state index contributed by atoms with van der Waals surface area (Å²) in [4.78, 5) is 28.3. The van der Waals surface area contributed by atoms with E-state index in [0.717, 1.165) is 24.3 Å². The van der Waals surface area contributed by atoms with Crippen LogP contribution >= 0.6 is 0 Å². The topological polar surface area (TPSA) is 103 Å². The first-order valence-corrected chi connectivity index (χ1v) is 11.7. The van der Waals surface area contributed by atoms with Gasteiger partial charge in [-0.15, -0.1) is 0 Å². The lowest BCUT2D eigenvalue weighted by Gasteiger charge is -2.34. The summed E-state index contributed by atoms with van der Waals surface area (Å²) in [5, 5.41) is 19.6. The number of aromatic nitrogens is 2. The lowest BCUT2D eigenvalue weighted by molar-refractivity contribution is 0.0933. The van der Waals surface area contributed by atoms with Crippen molar-refractivity contribution in [3.05, 3.63) is 77.1 Å². The molecule has 2 amide bonds. The number of rotatable bonds is 6. The first-order chi connectivity index (χ1) is 16.7. The van der Waals surface area contributed by atoms with E-state index >= 15 is 0 Å². The van der Waals surface area contributed by atoms with E-state index in [2.05, 4.69) is 42.6 Å². The molecule has 0 unspecified atom stereocenters. The summed E-state index contributed by atoms with van der Waals surface area (Å²) in [6, 6.07) is 16.5. The largest absolute Gasteiger partial charge is 0.322 e. The van der Waals surface area contributed by atoms with Gasteiger partial charge in [0.05, 0.1) is 36.0 Å². The van der Waals surface area contributed by atoms with Gasteiger partial charge in [-0.25, -0.2) is 0 Å². The van der Waals surface area contributed by atoms with Crippen LogP contribution in [0.15, 0.2) is 54.7 Å². The molecule has 0 radical (unpaired) electrons. The molecule has 0 fully saturated rings. The molecule has 0 spiro atoms. The van der Waals surface area contributed by atoms with E-state index in [9.17, 15) is 9.59 Å². The molecule has 1 aliphatic rings. The zero-order valence-electron chi connectivity index (χ0n) is 20.5. The third-order valence-corrected chi connectivity index (χ3v) is 5.83. The van der Waals surface area contributed by atoms with Crippen LogP contribution in [0.25, 0.3) is 0 Å². The molecule has 0 bridgehead atoms. The van der Waals surface area contributed by atoms with Gasteiger partial charge in [-0.1, -0.05) is 39.0 Å². The number of anilines is 2. The fraction of sp³-hybridized carbons (Fsp3) is 0.333. The molecule has 1 aliphatic heterocycles. The molecule has 8 heteroatoms. The minimum absolute atomic E-state index is 0.122. The second-order valence-electron chi connectivity index (χ2n) is 10.1. The van der Waals surface area contributed by atoms with Crippen LogP contribution < -0.4 is 15.5 Å². The van der Waals surface area contributed by atoms with Crippen molar-refractivity contribution < 1.29 is 9.59 Å². The van der Waals surface area contributed by atoms with Gasteiger partial charge < -0.3 is 15.5 Å². The Morgan fingerprint density at radius 3 is 2.63 bits per heavy atom. The number of carbonyl (C=O) groups excluding carboxylic acids is 2. The predicted octanol–water partition coefficient (Wildman–Crippen LogP) is 4.19. The smallest absolute Gasteiger partial charge is 0.277 e. The van der Waals surface area contributed by atoms with Crippen LogP contribution in [-0.2, 0) is 13.1 Å². The number of amides is 2. The van der Waals surface area contributed by atoms with E-state index in [-0.39, 0.29) is 28.6 Å². The molecule has 0 aliphatic carbocycles. The van der Waals surface area contributed by atoms with E-state index < -0.39 is 5.91 Å². The Kier molecular flexibility index (Phi) is 6.72. The summed E-state index contributed by atoms with van der Waals surface area (Å²) < 4.78 is 1.59. The van der Waals surface area contributed by atoms with Gasteiger partial charge in [0.25, 0.3) is 11.8 Å². The van der Waals surface area contributed by atoms with Crippen molar-refractivity contribution in [1.29, 1.82) is 5.26 Å². The van der Waals surface area contributed by atoms with Crippen LogP contribution in [0.1, 0.15) is 59.7 Å². The summed E-state index contributed by atoms with van der Waals surface area (Å²) in [6.07, 6.45) is 1.43. The Bertz CT molecular complexity index is 1280. The molecule has 2 heterocycles. The van der Waals surface area contributed by atoms with Gasteiger partial charge in [0.15, 0.2) is 0 Å². The number of fused-ring (bicyclic) bond motifs is 1. The van der Waals surface area contributed by atoms with Gasteiger partial charge >= 0.3 is 0 Å². The van der Waals surface area contributed by atoms with E-state index in [1.54, 1.807) is 33.8 Å². The average Bonchev–Trinajstić information content (AvgIpc) is 3.23. The van der Waals surface area contributed by atoms with Crippen molar-refractivity contribution in [3.8, 4) is 6.07 Å². The summed E-state index contributed by atoms with van der Waals surface area (Å²) in [7, 11) is 0. The van der Waals surface area contributed by atoms with Crippen molar-refractivity contribution in [3.63, 3.8) is 0 Å². The SMILES string of the molecule is C[C@H]1Cn2ncc(C(=O)Nc3cccc(C#N)c3)c2C(=O)N1c1ccc(CNCC(C)(C)C)cc1. The molecule has 0 saturated carbocycles. The summed E-state index contributed by atoms with van der Waals surface area (Å²) in [5.41, 5.74) is 3.51. The quantitative estimate of drug-likeness (QED) is 0.562. The molecule has 3 aromatic rings. The number of nitrogens with zero attached hydrogens (tertiary/aromatic N) is 4. The highest BCUT2D eigenvalue weighted by molar-refractivity contribution is 6.15. The summed E-state index contributed by atoms with van der Waals surface area (Å²) in [6.45, 7) is 10.7. The molecular weight excluding hydrogens is 440 g/mol. The Morgan fingerprint density at radius 1 is 1.20 bits per heavy atom. The fourth-order valence-electron chi connectivity index (χ4n) is 4.15. The Hall–Kier alpha value is -3.96. The van der Waals surface area contributed by atoms with Gasteiger partial charge in [0, 0.05) is 24.5 Å². The molecule has 8 nitrogen and oxygen atoms in total. The van der Waals surface area contributed by atoms with E-state index in [1.165, 1.54) is 6.20 Å². The van der Waals surface area contributed by atoms with Crippen LogP contribution in [0.4, 0.5) is 11.4 Å². The second-order valence-corrected chi connectivity index (χ2v) is 10.1. The number of carbonyl (C=O) groups is 2. The zero-order chi connectivity index (χ0) is 25.2. The van der Waals surface area contributed by atoms with Crippen molar-refractivity contribution in [2.24, 2.45) is 5.41 Å². The fourth-order valence-corrected chi connectivity index (χ4v) is 4.15. The van der Waals surface area contributed by atoms with E-state index in [4.69, 9.17) is 5.26 Å². The van der Waals surface area contributed by atoms with E-state index in [0.29, 0.717) is 17.8 Å².